The van der Waals surface area contributed by atoms with Crippen LogP contribution in [-0.2, 0) is 9.59 Å². The van der Waals surface area contributed by atoms with E-state index in [1.165, 1.54) is 12.8 Å². The van der Waals surface area contributed by atoms with E-state index in [0.717, 1.165) is 12.8 Å². The first kappa shape index (κ1) is 11.4. The third-order valence-electron chi connectivity index (χ3n) is 3.52. The van der Waals surface area contributed by atoms with Crippen molar-refractivity contribution in [3.8, 4) is 0 Å². The van der Waals surface area contributed by atoms with Crippen molar-refractivity contribution in [2.75, 3.05) is 20.1 Å². The Morgan fingerprint density at radius 1 is 1.50 bits per heavy atom. The summed E-state index contributed by atoms with van der Waals surface area (Å²) < 4.78 is 0. The molecule has 2 fully saturated rings. The Hall–Kier alpha value is -1.10. The lowest BCUT2D eigenvalue weighted by Gasteiger charge is -2.43. The molecule has 0 aromatic heterocycles. The van der Waals surface area contributed by atoms with Gasteiger partial charge in [-0.25, -0.2) is 0 Å². The Labute approximate surface area is 95.6 Å². The lowest BCUT2D eigenvalue weighted by Crippen LogP contribution is -2.62. The smallest absolute Gasteiger partial charge is 0.234 e. The molecule has 5 nitrogen and oxygen atoms in total. The van der Waals surface area contributed by atoms with Crippen LogP contribution in [0.3, 0.4) is 0 Å². The first-order valence-corrected chi connectivity index (χ1v) is 5.94. The highest BCUT2D eigenvalue weighted by atomic mass is 16.2. The molecule has 2 aliphatic rings. The quantitative estimate of drug-likeness (QED) is 0.664. The molecular weight excluding hydrogens is 206 g/mol. The van der Waals surface area contributed by atoms with Crippen LogP contribution in [0.15, 0.2) is 0 Å². The Morgan fingerprint density at radius 2 is 2.25 bits per heavy atom. The second-order valence-electron chi connectivity index (χ2n) is 4.60. The van der Waals surface area contributed by atoms with Gasteiger partial charge in [0.15, 0.2) is 0 Å². The van der Waals surface area contributed by atoms with Gasteiger partial charge in [0.1, 0.15) is 0 Å². The SMILES string of the molecule is CNC(=O)CN1CC(=O)NC2CCCCC21. The summed E-state index contributed by atoms with van der Waals surface area (Å²) in [5.41, 5.74) is 0. The molecule has 5 heteroatoms. The minimum absolute atomic E-state index is 0.0148. The van der Waals surface area contributed by atoms with Gasteiger partial charge in [-0.2, -0.15) is 0 Å². The number of carbonyl (C=O) groups excluding carboxylic acids is 2. The van der Waals surface area contributed by atoms with E-state index in [1.807, 2.05) is 4.90 Å². The first-order chi connectivity index (χ1) is 7.70. The van der Waals surface area contributed by atoms with Gasteiger partial charge in [-0.3, -0.25) is 14.5 Å². The molecule has 1 heterocycles. The summed E-state index contributed by atoms with van der Waals surface area (Å²) in [5, 5.41) is 5.64. The highest BCUT2D eigenvalue weighted by Crippen LogP contribution is 2.25. The van der Waals surface area contributed by atoms with Crippen molar-refractivity contribution in [2.45, 2.75) is 37.8 Å². The Balaban J connectivity index is 2.03. The zero-order chi connectivity index (χ0) is 11.5. The van der Waals surface area contributed by atoms with Gasteiger partial charge >= 0.3 is 0 Å². The van der Waals surface area contributed by atoms with E-state index in [4.69, 9.17) is 0 Å². The molecule has 90 valence electrons. The average molecular weight is 225 g/mol. The van der Waals surface area contributed by atoms with Crippen molar-refractivity contribution in [2.24, 2.45) is 0 Å². The van der Waals surface area contributed by atoms with Crippen molar-refractivity contribution in [3.05, 3.63) is 0 Å². The van der Waals surface area contributed by atoms with Gasteiger partial charge in [0, 0.05) is 19.1 Å². The Kier molecular flexibility index (Phi) is 3.43. The van der Waals surface area contributed by atoms with Crippen molar-refractivity contribution >= 4 is 11.8 Å². The maximum Gasteiger partial charge on any atom is 0.234 e. The highest BCUT2D eigenvalue weighted by Gasteiger charge is 2.36. The molecule has 2 atom stereocenters. The number of amides is 2. The van der Waals surface area contributed by atoms with Crippen LogP contribution in [0.2, 0.25) is 0 Å². The summed E-state index contributed by atoms with van der Waals surface area (Å²) in [4.78, 5) is 24.9. The molecule has 2 rings (SSSR count). The third-order valence-corrected chi connectivity index (χ3v) is 3.52. The number of piperazine rings is 1. The van der Waals surface area contributed by atoms with Crippen LogP contribution < -0.4 is 10.6 Å². The van der Waals surface area contributed by atoms with Crippen molar-refractivity contribution in [3.63, 3.8) is 0 Å². The zero-order valence-electron chi connectivity index (χ0n) is 9.66. The maximum absolute atomic E-state index is 11.5. The van der Waals surface area contributed by atoms with E-state index in [-0.39, 0.29) is 17.9 Å². The summed E-state index contributed by atoms with van der Waals surface area (Å²) in [7, 11) is 1.63. The molecule has 2 unspecified atom stereocenters. The summed E-state index contributed by atoms with van der Waals surface area (Å²) in [6, 6.07) is 0.600. The normalized spacial score (nSPS) is 30.4. The predicted molar refractivity (Wildman–Crippen MR) is 59.8 cm³/mol. The van der Waals surface area contributed by atoms with E-state index < -0.39 is 0 Å². The number of carbonyl (C=O) groups is 2. The van der Waals surface area contributed by atoms with Gasteiger partial charge in [0.2, 0.25) is 11.8 Å². The van der Waals surface area contributed by atoms with Crippen LogP contribution in [-0.4, -0.2) is 48.9 Å². The molecule has 1 saturated carbocycles. The van der Waals surface area contributed by atoms with Gasteiger partial charge < -0.3 is 10.6 Å². The second-order valence-corrected chi connectivity index (χ2v) is 4.60. The van der Waals surface area contributed by atoms with Crippen molar-refractivity contribution in [1.29, 1.82) is 0 Å². The fraction of sp³-hybridized carbons (Fsp3) is 0.818. The minimum Gasteiger partial charge on any atom is -0.358 e. The van der Waals surface area contributed by atoms with E-state index in [2.05, 4.69) is 10.6 Å². The summed E-state index contributed by atoms with van der Waals surface area (Å²) in [5.74, 6) is 0.0334. The number of likely N-dealkylation sites (N-methyl/N-ethyl adjacent to an activating group) is 1. The zero-order valence-corrected chi connectivity index (χ0v) is 9.66. The highest BCUT2D eigenvalue weighted by molar-refractivity contribution is 5.82. The Morgan fingerprint density at radius 3 is 3.00 bits per heavy atom. The number of rotatable bonds is 2. The predicted octanol–water partition coefficient (Wildman–Crippen LogP) is -0.525. The summed E-state index contributed by atoms with van der Waals surface area (Å²) >= 11 is 0. The number of nitrogens with one attached hydrogen (secondary N) is 2. The molecule has 2 amide bonds. The maximum atomic E-state index is 11.5. The Bertz CT molecular complexity index is 293. The molecule has 0 radical (unpaired) electrons. The molecule has 2 N–H and O–H groups in total. The van der Waals surface area contributed by atoms with E-state index in [0.29, 0.717) is 19.1 Å². The largest absolute Gasteiger partial charge is 0.358 e. The standard InChI is InChI=1S/C11H19N3O2/c1-12-10(15)6-14-7-11(16)13-8-4-2-3-5-9(8)14/h8-9H,2-7H2,1H3,(H,12,15)(H,13,16). The topological polar surface area (TPSA) is 61.4 Å². The van der Waals surface area contributed by atoms with E-state index in [1.54, 1.807) is 7.05 Å². The fourth-order valence-corrected chi connectivity index (χ4v) is 2.71. The van der Waals surface area contributed by atoms with Gasteiger partial charge in [-0.1, -0.05) is 12.8 Å². The van der Waals surface area contributed by atoms with E-state index >= 15 is 0 Å². The molecule has 0 bridgehead atoms. The van der Waals surface area contributed by atoms with Crippen LogP contribution in [0.25, 0.3) is 0 Å². The van der Waals surface area contributed by atoms with Gasteiger partial charge in [0.25, 0.3) is 0 Å². The van der Waals surface area contributed by atoms with Gasteiger partial charge in [0.05, 0.1) is 13.1 Å². The van der Waals surface area contributed by atoms with Crippen LogP contribution in [0.1, 0.15) is 25.7 Å². The van der Waals surface area contributed by atoms with Crippen LogP contribution in [0, 0.1) is 0 Å². The lowest BCUT2D eigenvalue weighted by atomic mass is 9.87. The molecule has 0 spiro atoms. The average Bonchev–Trinajstić information content (AvgIpc) is 2.28. The summed E-state index contributed by atoms with van der Waals surface area (Å²) in [6.45, 7) is 0.694. The molecular formula is C11H19N3O2. The summed E-state index contributed by atoms with van der Waals surface area (Å²) in [6.07, 6.45) is 4.50. The number of fused-ring (bicyclic) bond motifs is 1. The third kappa shape index (κ3) is 2.35. The number of nitrogens with zero attached hydrogens (tertiary/aromatic N) is 1. The van der Waals surface area contributed by atoms with E-state index in [9.17, 15) is 9.59 Å². The number of hydrogen-bond donors (Lipinski definition) is 2. The second kappa shape index (κ2) is 4.82. The van der Waals surface area contributed by atoms with Crippen molar-refractivity contribution < 1.29 is 9.59 Å². The molecule has 1 saturated heterocycles. The van der Waals surface area contributed by atoms with Crippen LogP contribution in [0.5, 0.6) is 0 Å². The van der Waals surface area contributed by atoms with Crippen LogP contribution >= 0.6 is 0 Å². The first-order valence-electron chi connectivity index (χ1n) is 5.94. The molecule has 0 aromatic carbocycles. The van der Waals surface area contributed by atoms with Crippen LogP contribution in [0.4, 0.5) is 0 Å². The van der Waals surface area contributed by atoms with Crippen molar-refractivity contribution in [1.82, 2.24) is 15.5 Å². The fourth-order valence-electron chi connectivity index (χ4n) is 2.71. The lowest BCUT2D eigenvalue weighted by molar-refractivity contribution is -0.131. The van der Waals surface area contributed by atoms with Gasteiger partial charge in [-0.15, -0.1) is 0 Å². The molecule has 1 aliphatic heterocycles. The molecule has 16 heavy (non-hydrogen) atoms. The minimum atomic E-state index is -0.0148. The number of hydrogen-bond acceptors (Lipinski definition) is 3. The monoisotopic (exact) mass is 225 g/mol. The van der Waals surface area contributed by atoms with Gasteiger partial charge in [-0.05, 0) is 12.8 Å². The molecule has 1 aliphatic carbocycles. The molecule has 0 aromatic rings.